The van der Waals surface area contributed by atoms with Gasteiger partial charge in [-0.25, -0.2) is 0 Å². The van der Waals surface area contributed by atoms with E-state index < -0.39 is 0 Å². The van der Waals surface area contributed by atoms with Gasteiger partial charge in [-0.2, -0.15) is 0 Å². The molecule has 0 aromatic heterocycles. The lowest BCUT2D eigenvalue weighted by Gasteiger charge is -2.40. The van der Waals surface area contributed by atoms with Gasteiger partial charge >= 0.3 is 0 Å². The minimum absolute atomic E-state index is 0.526. The Labute approximate surface area is 115 Å². The Morgan fingerprint density at radius 2 is 1.94 bits per heavy atom. The van der Waals surface area contributed by atoms with Gasteiger partial charge in [0.1, 0.15) is 0 Å². The highest BCUT2D eigenvalue weighted by molar-refractivity contribution is 4.84. The van der Waals surface area contributed by atoms with Crippen LogP contribution in [-0.2, 0) is 0 Å². The molecular formula is C17H35N. The number of hydrogen-bond acceptors (Lipinski definition) is 1. The molecule has 1 fully saturated rings. The first-order valence-corrected chi connectivity index (χ1v) is 8.16. The SMILES string of the molecule is CCC1CCCC(C(C)(C)CCNCC(C)C)C1. The standard InChI is InChI=1S/C17H35N/c1-6-15-8-7-9-16(12-15)17(4,5)10-11-18-13-14(2)3/h14-16,18H,6-13H2,1-5H3. The second kappa shape index (κ2) is 7.53. The largest absolute Gasteiger partial charge is 0.316 e. The van der Waals surface area contributed by atoms with Crippen molar-refractivity contribution in [3.8, 4) is 0 Å². The van der Waals surface area contributed by atoms with Crippen LogP contribution in [0.2, 0.25) is 0 Å². The van der Waals surface area contributed by atoms with Gasteiger partial charge in [0.15, 0.2) is 0 Å². The van der Waals surface area contributed by atoms with E-state index in [9.17, 15) is 0 Å². The quantitative estimate of drug-likeness (QED) is 0.639. The van der Waals surface area contributed by atoms with Crippen LogP contribution in [0.15, 0.2) is 0 Å². The van der Waals surface area contributed by atoms with Crippen LogP contribution in [0.4, 0.5) is 0 Å². The van der Waals surface area contributed by atoms with E-state index in [2.05, 4.69) is 39.9 Å². The molecule has 18 heavy (non-hydrogen) atoms. The predicted molar refractivity (Wildman–Crippen MR) is 81.8 cm³/mol. The van der Waals surface area contributed by atoms with E-state index >= 15 is 0 Å². The zero-order valence-corrected chi connectivity index (χ0v) is 13.4. The first-order valence-electron chi connectivity index (χ1n) is 8.16. The summed E-state index contributed by atoms with van der Waals surface area (Å²) in [6.45, 7) is 14.3. The van der Waals surface area contributed by atoms with Crippen molar-refractivity contribution in [3.05, 3.63) is 0 Å². The van der Waals surface area contributed by atoms with Crippen molar-refractivity contribution in [2.24, 2.45) is 23.2 Å². The maximum absolute atomic E-state index is 3.61. The van der Waals surface area contributed by atoms with E-state index in [-0.39, 0.29) is 0 Å². The highest BCUT2D eigenvalue weighted by Gasteiger charge is 2.32. The number of nitrogens with one attached hydrogen (secondary N) is 1. The molecule has 1 saturated carbocycles. The first kappa shape index (κ1) is 16.0. The number of rotatable bonds is 7. The van der Waals surface area contributed by atoms with E-state index in [4.69, 9.17) is 0 Å². The minimum Gasteiger partial charge on any atom is -0.316 e. The highest BCUT2D eigenvalue weighted by atomic mass is 14.9. The van der Waals surface area contributed by atoms with Crippen molar-refractivity contribution in [1.29, 1.82) is 0 Å². The average Bonchev–Trinajstić information content (AvgIpc) is 2.34. The summed E-state index contributed by atoms with van der Waals surface area (Å²) in [4.78, 5) is 0. The van der Waals surface area contributed by atoms with E-state index in [1.807, 2.05) is 0 Å². The van der Waals surface area contributed by atoms with Crippen molar-refractivity contribution in [2.45, 2.75) is 73.1 Å². The van der Waals surface area contributed by atoms with Crippen molar-refractivity contribution in [1.82, 2.24) is 5.32 Å². The second-order valence-electron chi connectivity index (χ2n) is 7.47. The normalized spacial score (nSPS) is 25.7. The van der Waals surface area contributed by atoms with Gasteiger partial charge in [-0.3, -0.25) is 0 Å². The van der Waals surface area contributed by atoms with E-state index in [1.54, 1.807) is 0 Å². The molecule has 1 rings (SSSR count). The zero-order chi connectivity index (χ0) is 13.6. The highest BCUT2D eigenvalue weighted by Crippen LogP contribution is 2.43. The van der Waals surface area contributed by atoms with Gasteiger partial charge < -0.3 is 5.32 Å². The van der Waals surface area contributed by atoms with E-state index in [0.29, 0.717) is 5.41 Å². The number of hydrogen-bond donors (Lipinski definition) is 1. The zero-order valence-electron chi connectivity index (χ0n) is 13.4. The van der Waals surface area contributed by atoms with Gasteiger partial charge in [0.25, 0.3) is 0 Å². The van der Waals surface area contributed by atoms with Crippen LogP contribution in [0, 0.1) is 23.2 Å². The van der Waals surface area contributed by atoms with Crippen molar-refractivity contribution in [2.75, 3.05) is 13.1 Å². The summed E-state index contributed by atoms with van der Waals surface area (Å²) in [5.74, 6) is 2.73. The Hall–Kier alpha value is -0.0400. The molecule has 0 aliphatic heterocycles. The summed E-state index contributed by atoms with van der Waals surface area (Å²) >= 11 is 0. The molecule has 0 aromatic carbocycles. The van der Waals surface area contributed by atoms with Gasteiger partial charge in [0.05, 0.1) is 0 Å². The Kier molecular flexibility index (Phi) is 6.70. The van der Waals surface area contributed by atoms with Crippen LogP contribution in [0.25, 0.3) is 0 Å². The molecule has 1 aliphatic carbocycles. The smallest absolute Gasteiger partial charge is 0.00258 e. The van der Waals surface area contributed by atoms with Gasteiger partial charge in [-0.1, -0.05) is 53.9 Å². The molecule has 0 saturated heterocycles. The van der Waals surface area contributed by atoms with Crippen LogP contribution in [0.5, 0.6) is 0 Å². The van der Waals surface area contributed by atoms with Crippen LogP contribution in [-0.4, -0.2) is 13.1 Å². The second-order valence-corrected chi connectivity index (χ2v) is 7.47. The van der Waals surface area contributed by atoms with Crippen LogP contribution < -0.4 is 5.32 Å². The average molecular weight is 253 g/mol. The van der Waals surface area contributed by atoms with Gasteiger partial charge in [0.2, 0.25) is 0 Å². The molecule has 0 radical (unpaired) electrons. The summed E-state index contributed by atoms with van der Waals surface area (Å²) in [5, 5.41) is 3.61. The summed E-state index contributed by atoms with van der Waals surface area (Å²) in [5.41, 5.74) is 0.526. The molecule has 1 N–H and O–H groups in total. The lowest BCUT2D eigenvalue weighted by atomic mass is 9.66. The molecular weight excluding hydrogens is 218 g/mol. The summed E-state index contributed by atoms with van der Waals surface area (Å²) < 4.78 is 0. The summed E-state index contributed by atoms with van der Waals surface area (Å²) in [6.07, 6.45) is 8.61. The van der Waals surface area contributed by atoms with Crippen molar-refractivity contribution in [3.63, 3.8) is 0 Å². The van der Waals surface area contributed by atoms with E-state index in [0.717, 1.165) is 17.8 Å². The summed E-state index contributed by atoms with van der Waals surface area (Å²) in [6, 6.07) is 0. The van der Waals surface area contributed by atoms with Crippen LogP contribution in [0.3, 0.4) is 0 Å². The molecule has 2 unspecified atom stereocenters. The van der Waals surface area contributed by atoms with Gasteiger partial charge in [-0.05, 0) is 55.5 Å². The fourth-order valence-electron chi connectivity index (χ4n) is 3.38. The first-order chi connectivity index (χ1) is 8.45. The predicted octanol–water partition coefficient (Wildman–Crippen LogP) is 4.86. The Bertz CT molecular complexity index is 220. The molecule has 0 bridgehead atoms. The fourth-order valence-corrected chi connectivity index (χ4v) is 3.38. The lowest BCUT2D eigenvalue weighted by molar-refractivity contribution is 0.113. The lowest BCUT2D eigenvalue weighted by Crippen LogP contribution is -2.33. The van der Waals surface area contributed by atoms with Crippen molar-refractivity contribution < 1.29 is 0 Å². The summed E-state index contributed by atoms with van der Waals surface area (Å²) in [7, 11) is 0. The molecule has 1 heteroatoms. The maximum atomic E-state index is 3.61. The Morgan fingerprint density at radius 1 is 1.22 bits per heavy atom. The topological polar surface area (TPSA) is 12.0 Å². The molecule has 108 valence electrons. The molecule has 0 spiro atoms. The van der Waals surface area contributed by atoms with Crippen LogP contribution in [0.1, 0.15) is 73.1 Å². The molecule has 0 amide bonds. The van der Waals surface area contributed by atoms with Gasteiger partial charge in [-0.15, -0.1) is 0 Å². The third kappa shape index (κ3) is 5.30. The van der Waals surface area contributed by atoms with Crippen molar-refractivity contribution >= 4 is 0 Å². The monoisotopic (exact) mass is 253 g/mol. The Morgan fingerprint density at radius 3 is 2.56 bits per heavy atom. The molecule has 2 atom stereocenters. The third-order valence-electron chi connectivity index (χ3n) is 4.96. The molecule has 1 nitrogen and oxygen atoms in total. The van der Waals surface area contributed by atoms with Gasteiger partial charge in [0, 0.05) is 0 Å². The Balaban J connectivity index is 2.32. The minimum atomic E-state index is 0.526. The maximum Gasteiger partial charge on any atom is -0.00258 e. The molecule has 0 heterocycles. The third-order valence-corrected chi connectivity index (χ3v) is 4.96. The van der Waals surface area contributed by atoms with Crippen LogP contribution >= 0.6 is 0 Å². The fraction of sp³-hybridized carbons (Fsp3) is 1.00. The van der Waals surface area contributed by atoms with E-state index in [1.165, 1.54) is 51.6 Å². The molecule has 0 aromatic rings. The molecule has 1 aliphatic rings.